The highest BCUT2D eigenvalue weighted by atomic mass is 16.6. The fraction of sp³-hybridized carbons (Fsp3) is 0.524. The number of hydrazine groups is 1. The van der Waals surface area contributed by atoms with Gasteiger partial charge in [0.15, 0.2) is 17.6 Å². The fourth-order valence-electron chi connectivity index (χ4n) is 3.93. The van der Waals surface area contributed by atoms with Gasteiger partial charge in [0, 0.05) is 37.9 Å². The van der Waals surface area contributed by atoms with Gasteiger partial charge in [0.05, 0.1) is 6.54 Å². The van der Waals surface area contributed by atoms with Gasteiger partial charge in [0.2, 0.25) is 5.91 Å². The summed E-state index contributed by atoms with van der Waals surface area (Å²) in [7, 11) is 1.81. The van der Waals surface area contributed by atoms with E-state index in [4.69, 9.17) is 9.47 Å². The summed E-state index contributed by atoms with van der Waals surface area (Å²) in [6.45, 7) is 5.97. The molecule has 3 atom stereocenters. The number of amides is 1. The molecule has 0 bridgehead atoms. The summed E-state index contributed by atoms with van der Waals surface area (Å²) in [5.74, 6) is 2.96. The van der Waals surface area contributed by atoms with Gasteiger partial charge in [-0.2, -0.15) is 0 Å². The summed E-state index contributed by atoms with van der Waals surface area (Å²) >= 11 is 0. The summed E-state index contributed by atoms with van der Waals surface area (Å²) in [5, 5.41) is 0. The lowest BCUT2D eigenvalue weighted by Crippen LogP contribution is -2.48. The molecular weight excluding hydrogens is 370 g/mol. The average Bonchev–Trinajstić information content (AvgIpc) is 3.37. The van der Waals surface area contributed by atoms with Crippen molar-refractivity contribution in [3.63, 3.8) is 0 Å². The Kier molecular flexibility index (Phi) is 5.73. The van der Waals surface area contributed by atoms with E-state index in [1.807, 2.05) is 43.7 Å². The van der Waals surface area contributed by atoms with E-state index in [0.717, 1.165) is 30.3 Å². The highest BCUT2D eigenvalue weighted by Gasteiger charge is 2.33. The fourth-order valence-corrected chi connectivity index (χ4v) is 3.93. The molecule has 2 aliphatic heterocycles. The van der Waals surface area contributed by atoms with E-state index in [0.29, 0.717) is 19.1 Å². The molecule has 1 amide bonds. The lowest BCUT2D eigenvalue weighted by Gasteiger charge is -2.30. The molecule has 29 heavy (non-hydrogen) atoms. The quantitative estimate of drug-likeness (QED) is 0.767. The van der Waals surface area contributed by atoms with Crippen LogP contribution in [0, 0.1) is 0 Å². The van der Waals surface area contributed by atoms with E-state index < -0.39 is 0 Å². The third-order valence-electron chi connectivity index (χ3n) is 5.38. The van der Waals surface area contributed by atoms with E-state index in [1.54, 1.807) is 4.90 Å². The van der Waals surface area contributed by atoms with Crippen molar-refractivity contribution >= 4 is 5.91 Å². The monoisotopic (exact) mass is 399 g/mol. The normalized spacial score (nSPS) is 23.4. The molecule has 0 spiro atoms. The molecule has 3 unspecified atom stereocenters. The minimum atomic E-state index is -0.257. The van der Waals surface area contributed by atoms with Gasteiger partial charge in [-0.25, -0.2) is 10.4 Å². The molecule has 8 nitrogen and oxygen atoms in total. The second-order valence-electron chi connectivity index (χ2n) is 8.08. The zero-order chi connectivity index (χ0) is 20.4. The standard InChI is InChI=1S/C21H29N5O3/c1-14(2)20-22-8-9-26(20)11-15-10-17(24-23-15)21(27)25(3)12-16-13-28-18-6-4-5-7-19(18)29-16/h4-9,14-17,23-24H,10-13H2,1-3H3. The first-order valence-electron chi connectivity index (χ1n) is 10.2. The number of likely N-dealkylation sites (N-methyl/N-ethyl adjacent to an activating group) is 1. The molecule has 3 heterocycles. The molecule has 2 aromatic rings. The van der Waals surface area contributed by atoms with Crippen LogP contribution in [0.1, 0.15) is 32.0 Å². The van der Waals surface area contributed by atoms with Crippen molar-refractivity contribution in [2.24, 2.45) is 0 Å². The first-order chi connectivity index (χ1) is 14.0. The van der Waals surface area contributed by atoms with Crippen molar-refractivity contribution < 1.29 is 14.3 Å². The maximum absolute atomic E-state index is 12.9. The molecule has 156 valence electrons. The SMILES string of the molecule is CC(C)c1nccn1CC1CC(C(=O)N(C)CC2COc3ccccc3O2)NN1. The number of rotatable bonds is 6. The van der Waals surface area contributed by atoms with E-state index in [1.165, 1.54) is 0 Å². The largest absolute Gasteiger partial charge is 0.486 e. The molecule has 0 radical (unpaired) electrons. The van der Waals surface area contributed by atoms with Crippen molar-refractivity contribution in [2.75, 3.05) is 20.2 Å². The van der Waals surface area contributed by atoms with Gasteiger partial charge in [-0.05, 0) is 18.6 Å². The molecule has 1 saturated heterocycles. The maximum atomic E-state index is 12.9. The Morgan fingerprint density at radius 2 is 2.10 bits per heavy atom. The molecule has 8 heteroatoms. The van der Waals surface area contributed by atoms with E-state index in [-0.39, 0.29) is 24.1 Å². The van der Waals surface area contributed by atoms with Crippen molar-refractivity contribution in [3.05, 3.63) is 42.5 Å². The van der Waals surface area contributed by atoms with E-state index in [9.17, 15) is 4.79 Å². The van der Waals surface area contributed by atoms with Crippen LogP contribution in [0.2, 0.25) is 0 Å². The van der Waals surface area contributed by atoms with Crippen molar-refractivity contribution in [3.8, 4) is 11.5 Å². The molecule has 0 saturated carbocycles. The minimum Gasteiger partial charge on any atom is -0.486 e. The third kappa shape index (κ3) is 4.38. The Morgan fingerprint density at radius 3 is 2.90 bits per heavy atom. The lowest BCUT2D eigenvalue weighted by atomic mass is 10.1. The molecule has 1 aromatic heterocycles. The highest BCUT2D eigenvalue weighted by molar-refractivity contribution is 5.82. The van der Waals surface area contributed by atoms with Gasteiger partial charge in [0.25, 0.3) is 0 Å². The topological polar surface area (TPSA) is 80.7 Å². The zero-order valence-electron chi connectivity index (χ0n) is 17.2. The van der Waals surface area contributed by atoms with Gasteiger partial charge in [-0.1, -0.05) is 26.0 Å². The predicted octanol–water partition coefficient (Wildman–Crippen LogP) is 1.54. The van der Waals surface area contributed by atoms with Crippen molar-refractivity contribution in [2.45, 2.75) is 50.9 Å². The number of carbonyl (C=O) groups is 1. The maximum Gasteiger partial charge on any atom is 0.240 e. The first-order valence-corrected chi connectivity index (χ1v) is 10.2. The number of nitrogens with zero attached hydrogens (tertiary/aromatic N) is 3. The van der Waals surface area contributed by atoms with Crippen LogP contribution in [0.15, 0.2) is 36.7 Å². The summed E-state index contributed by atoms with van der Waals surface area (Å²) in [6, 6.07) is 7.52. The Labute approximate surface area is 171 Å². The number of nitrogens with one attached hydrogen (secondary N) is 2. The zero-order valence-corrected chi connectivity index (χ0v) is 17.2. The van der Waals surface area contributed by atoms with Gasteiger partial charge >= 0.3 is 0 Å². The van der Waals surface area contributed by atoms with E-state index >= 15 is 0 Å². The van der Waals surface area contributed by atoms with Gasteiger partial charge in [-0.3, -0.25) is 10.2 Å². The van der Waals surface area contributed by atoms with Gasteiger partial charge in [-0.15, -0.1) is 0 Å². The Balaban J connectivity index is 1.29. The van der Waals surface area contributed by atoms with Crippen molar-refractivity contribution in [1.82, 2.24) is 25.3 Å². The van der Waals surface area contributed by atoms with Crippen LogP contribution in [0.25, 0.3) is 0 Å². The molecule has 1 fully saturated rings. The number of carbonyl (C=O) groups excluding carboxylic acids is 1. The molecule has 1 aromatic carbocycles. The van der Waals surface area contributed by atoms with E-state index in [2.05, 4.69) is 34.3 Å². The number of hydrogen-bond acceptors (Lipinski definition) is 6. The molecule has 0 aliphatic carbocycles. The number of para-hydroxylation sites is 2. The average molecular weight is 399 g/mol. The summed E-state index contributed by atoms with van der Waals surface area (Å²) in [5.41, 5.74) is 6.42. The minimum absolute atomic E-state index is 0.0529. The van der Waals surface area contributed by atoms with Crippen LogP contribution >= 0.6 is 0 Å². The number of fused-ring (bicyclic) bond motifs is 1. The van der Waals surface area contributed by atoms with Crippen LogP contribution in [0.5, 0.6) is 11.5 Å². The number of benzene rings is 1. The first kappa shape index (κ1) is 19.7. The van der Waals surface area contributed by atoms with Crippen LogP contribution in [0.4, 0.5) is 0 Å². The molecule has 4 rings (SSSR count). The van der Waals surface area contributed by atoms with Crippen LogP contribution in [0.3, 0.4) is 0 Å². The number of hydrogen-bond donors (Lipinski definition) is 2. The summed E-state index contributed by atoms with van der Waals surface area (Å²) in [6.07, 6.45) is 4.38. The smallest absolute Gasteiger partial charge is 0.240 e. The number of imidazole rings is 1. The highest BCUT2D eigenvalue weighted by Crippen LogP contribution is 2.31. The van der Waals surface area contributed by atoms with Crippen molar-refractivity contribution in [1.29, 1.82) is 0 Å². The summed E-state index contributed by atoms with van der Waals surface area (Å²) < 4.78 is 13.9. The summed E-state index contributed by atoms with van der Waals surface area (Å²) in [4.78, 5) is 19.1. The van der Waals surface area contributed by atoms with Gasteiger partial charge < -0.3 is 18.9 Å². The second-order valence-corrected chi connectivity index (χ2v) is 8.08. The van der Waals surface area contributed by atoms with Crippen LogP contribution < -0.4 is 20.3 Å². The van der Waals surface area contributed by atoms with Crippen LogP contribution in [-0.2, 0) is 11.3 Å². The molecular formula is C21H29N5O3. The predicted molar refractivity (Wildman–Crippen MR) is 109 cm³/mol. The Morgan fingerprint density at radius 1 is 1.31 bits per heavy atom. The second kappa shape index (κ2) is 8.42. The molecule has 2 N–H and O–H groups in total. The Hall–Kier alpha value is -2.58. The number of ether oxygens (including phenoxy) is 2. The Bertz CT molecular complexity index is 852. The number of aromatic nitrogens is 2. The third-order valence-corrected chi connectivity index (χ3v) is 5.38. The van der Waals surface area contributed by atoms with Crippen LogP contribution in [-0.4, -0.2) is 58.7 Å². The lowest BCUT2D eigenvalue weighted by molar-refractivity contribution is -0.133. The molecule has 2 aliphatic rings. The van der Waals surface area contributed by atoms with Gasteiger partial charge in [0.1, 0.15) is 18.5 Å².